The van der Waals surface area contributed by atoms with Crippen molar-refractivity contribution in [2.24, 2.45) is 0 Å². The highest BCUT2D eigenvalue weighted by Gasteiger charge is 2.26. The first-order chi connectivity index (χ1) is 14.6. The Morgan fingerprint density at radius 2 is 1.90 bits per heavy atom. The number of carbonyl (C=O) groups excluding carboxylic acids is 1. The molecule has 2 aromatic carbocycles. The molecule has 1 aliphatic rings. The number of nitrogens with one attached hydrogen (secondary N) is 1. The molecule has 0 unspecified atom stereocenters. The van der Waals surface area contributed by atoms with E-state index in [0.29, 0.717) is 11.6 Å². The molecule has 1 N–H and O–H groups in total. The highest BCUT2D eigenvalue weighted by molar-refractivity contribution is 7.98. The first-order valence-electron chi connectivity index (χ1n) is 9.70. The van der Waals surface area contributed by atoms with Crippen LogP contribution in [-0.2, 0) is 11.5 Å². The molecule has 0 atom stereocenters. The molecule has 0 bridgehead atoms. The van der Waals surface area contributed by atoms with Gasteiger partial charge in [-0.1, -0.05) is 41.6 Å². The third-order valence-electron chi connectivity index (χ3n) is 5.32. The number of anilines is 1. The standard InChI is InChI=1S/C23H20N4O2S/c1-14-8-9-17(10-15(14)2)27-22(18-12-30-13-20(18)25-27)24-23(28)19-11-21(29-26-19)16-6-4-3-5-7-16/h3-11H,12-13H2,1-2H3,(H,24,28). The first kappa shape index (κ1) is 18.7. The highest BCUT2D eigenvalue weighted by Crippen LogP contribution is 2.36. The van der Waals surface area contributed by atoms with Crippen LogP contribution in [0.3, 0.4) is 0 Å². The molecule has 0 fully saturated rings. The van der Waals surface area contributed by atoms with Crippen LogP contribution in [-0.4, -0.2) is 20.8 Å². The van der Waals surface area contributed by atoms with Crippen molar-refractivity contribution in [3.05, 3.63) is 82.7 Å². The molecule has 5 rings (SSSR count). The van der Waals surface area contributed by atoms with Crippen molar-refractivity contribution in [1.82, 2.24) is 14.9 Å². The molecule has 0 aliphatic carbocycles. The monoisotopic (exact) mass is 416 g/mol. The number of nitrogens with zero attached hydrogens (tertiary/aromatic N) is 3. The lowest BCUT2D eigenvalue weighted by Gasteiger charge is -2.11. The van der Waals surface area contributed by atoms with Crippen LogP contribution >= 0.6 is 11.8 Å². The van der Waals surface area contributed by atoms with Crippen LogP contribution in [0.4, 0.5) is 5.82 Å². The van der Waals surface area contributed by atoms with E-state index in [1.807, 2.05) is 41.1 Å². The van der Waals surface area contributed by atoms with Gasteiger partial charge in [-0.2, -0.15) is 16.9 Å². The van der Waals surface area contributed by atoms with Gasteiger partial charge in [-0.15, -0.1) is 0 Å². The molecule has 1 amide bonds. The second-order valence-corrected chi connectivity index (χ2v) is 8.33. The van der Waals surface area contributed by atoms with Crippen LogP contribution in [0.5, 0.6) is 0 Å². The molecule has 0 saturated carbocycles. The van der Waals surface area contributed by atoms with E-state index < -0.39 is 0 Å². The molecule has 7 heteroatoms. The molecule has 1 aliphatic heterocycles. The van der Waals surface area contributed by atoms with Crippen LogP contribution in [0.1, 0.15) is 32.9 Å². The number of aryl methyl sites for hydroxylation is 2. The minimum Gasteiger partial charge on any atom is -0.355 e. The van der Waals surface area contributed by atoms with Gasteiger partial charge in [0.05, 0.1) is 11.4 Å². The van der Waals surface area contributed by atoms with E-state index in [1.54, 1.807) is 17.8 Å². The summed E-state index contributed by atoms with van der Waals surface area (Å²) >= 11 is 1.80. The summed E-state index contributed by atoms with van der Waals surface area (Å²) in [5.74, 6) is 2.62. The molecule has 0 radical (unpaired) electrons. The lowest BCUT2D eigenvalue weighted by molar-refractivity contribution is 0.101. The quantitative estimate of drug-likeness (QED) is 0.498. The fraction of sp³-hybridized carbons (Fsp3) is 0.174. The third kappa shape index (κ3) is 3.31. The molecule has 30 heavy (non-hydrogen) atoms. The van der Waals surface area contributed by atoms with Crippen molar-refractivity contribution in [1.29, 1.82) is 0 Å². The Morgan fingerprint density at radius 1 is 1.07 bits per heavy atom. The largest absolute Gasteiger partial charge is 0.355 e. The SMILES string of the molecule is Cc1ccc(-n2nc3c(c2NC(=O)c2cc(-c4ccccc4)on2)CSC3)cc1C. The van der Waals surface area contributed by atoms with E-state index >= 15 is 0 Å². The van der Waals surface area contributed by atoms with Crippen molar-refractivity contribution in [3.8, 4) is 17.0 Å². The van der Waals surface area contributed by atoms with Gasteiger partial charge in [0.2, 0.25) is 0 Å². The molecular formula is C23H20N4O2S. The topological polar surface area (TPSA) is 73.0 Å². The number of hydrogen-bond donors (Lipinski definition) is 1. The fourth-order valence-electron chi connectivity index (χ4n) is 3.48. The van der Waals surface area contributed by atoms with Crippen molar-refractivity contribution >= 4 is 23.5 Å². The second-order valence-electron chi connectivity index (χ2n) is 7.34. The highest BCUT2D eigenvalue weighted by atomic mass is 32.2. The minimum atomic E-state index is -0.314. The molecule has 3 heterocycles. The normalized spacial score (nSPS) is 12.7. The van der Waals surface area contributed by atoms with Crippen LogP contribution in [0.25, 0.3) is 17.0 Å². The average molecular weight is 417 g/mol. The zero-order chi connectivity index (χ0) is 20.7. The summed E-state index contributed by atoms with van der Waals surface area (Å²) in [5, 5.41) is 11.8. The van der Waals surface area contributed by atoms with Crippen LogP contribution in [0.2, 0.25) is 0 Å². The summed E-state index contributed by atoms with van der Waals surface area (Å²) in [6.07, 6.45) is 0. The third-order valence-corrected chi connectivity index (χ3v) is 6.29. The van der Waals surface area contributed by atoms with Gasteiger partial charge in [-0.3, -0.25) is 4.79 Å². The summed E-state index contributed by atoms with van der Waals surface area (Å²) in [7, 11) is 0. The summed E-state index contributed by atoms with van der Waals surface area (Å²) in [6.45, 7) is 4.15. The van der Waals surface area contributed by atoms with E-state index in [0.717, 1.165) is 34.0 Å². The number of fused-ring (bicyclic) bond motifs is 1. The van der Waals surface area contributed by atoms with Crippen LogP contribution in [0, 0.1) is 13.8 Å². The maximum Gasteiger partial charge on any atom is 0.279 e. The number of benzene rings is 2. The number of amides is 1. The Kier molecular flexibility index (Phi) is 4.67. The Hall–Kier alpha value is -3.32. The number of hydrogen-bond acceptors (Lipinski definition) is 5. The molecule has 0 spiro atoms. The molecule has 2 aromatic heterocycles. The van der Waals surface area contributed by atoms with E-state index in [9.17, 15) is 4.79 Å². The maximum atomic E-state index is 13.0. The van der Waals surface area contributed by atoms with Crippen LogP contribution < -0.4 is 5.32 Å². The molecule has 4 aromatic rings. The van der Waals surface area contributed by atoms with Gasteiger partial charge in [-0.05, 0) is 37.1 Å². The maximum absolute atomic E-state index is 13.0. The Balaban J connectivity index is 1.48. The smallest absolute Gasteiger partial charge is 0.279 e. The second kappa shape index (κ2) is 7.50. The zero-order valence-corrected chi connectivity index (χ0v) is 17.5. The Morgan fingerprint density at radius 3 is 2.70 bits per heavy atom. The first-order valence-corrected chi connectivity index (χ1v) is 10.9. The number of rotatable bonds is 4. The van der Waals surface area contributed by atoms with Crippen molar-refractivity contribution in [2.45, 2.75) is 25.4 Å². The lowest BCUT2D eigenvalue weighted by Crippen LogP contribution is -2.16. The minimum absolute atomic E-state index is 0.237. The molecular weight excluding hydrogens is 396 g/mol. The van der Waals surface area contributed by atoms with Gasteiger partial charge in [0.1, 0.15) is 5.82 Å². The van der Waals surface area contributed by atoms with Gasteiger partial charge in [-0.25, -0.2) is 4.68 Å². The van der Waals surface area contributed by atoms with E-state index in [1.165, 1.54) is 11.1 Å². The Bertz CT molecular complexity index is 1240. The van der Waals surface area contributed by atoms with E-state index in [4.69, 9.17) is 9.62 Å². The van der Waals surface area contributed by atoms with Gasteiger partial charge in [0.15, 0.2) is 11.5 Å². The number of aromatic nitrogens is 3. The van der Waals surface area contributed by atoms with Crippen molar-refractivity contribution in [3.63, 3.8) is 0 Å². The van der Waals surface area contributed by atoms with Crippen molar-refractivity contribution < 1.29 is 9.32 Å². The van der Waals surface area contributed by atoms with Gasteiger partial charge >= 0.3 is 0 Å². The van der Waals surface area contributed by atoms with Crippen molar-refractivity contribution in [2.75, 3.05) is 5.32 Å². The predicted octanol–water partition coefficient (Wildman–Crippen LogP) is 5.14. The molecule has 6 nitrogen and oxygen atoms in total. The van der Waals surface area contributed by atoms with E-state index in [-0.39, 0.29) is 11.6 Å². The molecule has 150 valence electrons. The zero-order valence-electron chi connectivity index (χ0n) is 16.7. The van der Waals surface area contributed by atoms with Gasteiger partial charge < -0.3 is 9.84 Å². The average Bonchev–Trinajstić information content (AvgIpc) is 3.48. The molecule has 0 saturated heterocycles. The summed E-state index contributed by atoms with van der Waals surface area (Å²) in [5.41, 5.74) is 6.52. The summed E-state index contributed by atoms with van der Waals surface area (Å²) in [4.78, 5) is 13.0. The van der Waals surface area contributed by atoms with Crippen LogP contribution in [0.15, 0.2) is 59.1 Å². The van der Waals surface area contributed by atoms with Gasteiger partial charge in [0.25, 0.3) is 5.91 Å². The summed E-state index contributed by atoms with van der Waals surface area (Å²) < 4.78 is 7.22. The van der Waals surface area contributed by atoms with Gasteiger partial charge in [0, 0.05) is 28.7 Å². The predicted molar refractivity (Wildman–Crippen MR) is 118 cm³/mol. The fourth-order valence-corrected chi connectivity index (χ4v) is 4.51. The Labute approximate surface area is 178 Å². The lowest BCUT2D eigenvalue weighted by atomic mass is 10.1. The summed E-state index contributed by atoms with van der Waals surface area (Å²) in [6, 6.07) is 17.4. The number of thioether (sulfide) groups is 1. The number of carbonyl (C=O) groups is 1. The van der Waals surface area contributed by atoms with E-state index in [2.05, 4.69) is 36.5 Å².